The number of hydrogen-bond acceptors (Lipinski definition) is 3. The molecule has 0 aromatic rings. The molecule has 2 bridgehead atoms. The quantitative estimate of drug-likeness (QED) is 0.747. The fraction of sp³-hybridized carbons (Fsp3) is 1.00. The van der Waals surface area contributed by atoms with Gasteiger partial charge in [-0.1, -0.05) is 20.8 Å². The van der Waals surface area contributed by atoms with Gasteiger partial charge in [-0.2, -0.15) is 0 Å². The van der Waals surface area contributed by atoms with Crippen molar-refractivity contribution in [2.24, 2.45) is 23.0 Å². The van der Waals surface area contributed by atoms with Crippen molar-refractivity contribution in [2.45, 2.75) is 64.6 Å². The van der Waals surface area contributed by atoms with Gasteiger partial charge in [-0.3, -0.25) is 0 Å². The molecule has 1 saturated heterocycles. The van der Waals surface area contributed by atoms with Gasteiger partial charge >= 0.3 is 7.12 Å². The summed E-state index contributed by atoms with van der Waals surface area (Å²) in [7, 11) is -0.190. The number of rotatable bonds is 2. The molecule has 0 spiro atoms. The first-order chi connectivity index (χ1) is 7.88. The lowest BCUT2D eigenvalue weighted by molar-refractivity contribution is -0.185. The average Bonchev–Trinajstić information content (AvgIpc) is 2.64. The minimum absolute atomic E-state index is 0.0118. The van der Waals surface area contributed by atoms with Crippen molar-refractivity contribution >= 4 is 7.12 Å². The van der Waals surface area contributed by atoms with Crippen molar-refractivity contribution in [3.8, 4) is 0 Å². The van der Waals surface area contributed by atoms with E-state index in [-0.39, 0.29) is 24.8 Å². The monoisotopic (exact) mass is 237 g/mol. The summed E-state index contributed by atoms with van der Waals surface area (Å²) in [6, 6.07) is 0. The molecule has 4 rings (SSSR count). The molecule has 2 N–H and O–H groups in total. The van der Waals surface area contributed by atoms with Crippen LogP contribution < -0.4 is 5.73 Å². The van der Waals surface area contributed by atoms with Gasteiger partial charge in [0.1, 0.15) is 0 Å². The zero-order valence-electron chi connectivity index (χ0n) is 11.4. The van der Waals surface area contributed by atoms with Gasteiger partial charge in [-0.05, 0) is 43.4 Å². The fourth-order valence-electron chi connectivity index (χ4n) is 4.12. The maximum atomic E-state index is 6.16. The molecule has 0 radical (unpaired) electrons. The molecule has 0 aromatic heterocycles. The van der Waals surface area contributed by atoms with E-state index >= 15 is 0 Å². The molecule has 96 valence electrons. The molecule has 3 aliphatic carbocycles. The zero-order chi connectivity index (χ0) is 12.4. The van der Waals surface area contributed by atoms with Gasteiger partial charge in [-0.15, -0.1) is 0 Å². The summed E-state index contributed by atoms with van der Waals surface area (Å²) >= 11 is 0. The Morgan fingerprint density at radius 2 is 2.12 bits per heavy atom. The molecule has 3 saturated carbocycles. The third-order valence-corrected chi connectivity index (χ3v) is 5.65. The summed E-state index contributed by atoms with van der Waals surface area (Å²) in [5.74, 6) is 1.46. The zero-order valence-corrected chi connectivity index (χ0v) is 11.4. The maximum absolute atomic E-state index is 6.16. The Hall–Kier alpha value is -0.0551. The van der Waals surface area contributed by atoms with Gasteiger partial charge in [0.15, 0.2) is 0 Å². The normalized spacial score (nSPS) is 48.5. The molecule has 1 heterocycles. The second-order valence-electron chi connectivity index (χ2n) is 6.99. The van der Waals surface area contributed by atoms with E-state index in [1.54, 1.807) is 0 Å². The molecule has 0 amide bonds. The van der Waals surface area contributed by atoms with Gasteiger partial charge in [0, 0.05) is 5.94 Å². The molecule has 4 heteroatoms. The van der Waals surface area contributed by atoms with Crippen LogP contribution >= 0.6 is 0 Å². The first kappa shape index (κ1) is 12.0. The van der Waals surface area contributed by atoms with Crippen LogP contribution in [0.15, 0.2) is 0 Å². The molecule has 3 nitrogen and oxygen atoms in total. The molecular formula is C13H24BNO2. The number of nitrogens with two attached hydrogens (primary N) is 1. The fourth-order valence-corrected chi connectivity index (χ4v) is 4.12. The lowest BCUT2D eigenvalue weighted by Gasteiger charge is -2.63. The summed E-state index contributed by atoms with van der Waals surface area (Å²) in [6.45, 7) is 9.06. The van der Waals surface area contributed by atoms with Crippen LogP contribution in [0.3, 0.4) is 0 Å². The van der Waals surface area contributed by atoms with Gasteiger partial charge in [0.2, 0.25) is 0 Å². The van der Waals surface area contributed by atoms with Crippen molar-refractivity contribution in [2.75, 3.05) is 0 Å². The molecule has 4 aliphatic rings. The minimum atomic E-state index is -0.190. The summed E-state index contributed by atoms with van der Waals surface area (Å²) in [4.78, 5) is 0. The first-order valence-electron chi connectivity index (χ1n) is 6.97. The van der Waals surface area contributed by atoms with Crippen LogP contribution in [-0.4, -0.2) is 24.8 Å². The van der Waals surface area contributed by atoms with E-state index in [4.69, 9.17) is 15.0 Å². The van der Waals surface area contributed by atoms with Crippen molar-refractivity contribution < 1.29 is 9.31 Å². The lowest BCUT2D eigenvalue weighted by Crippen LogP contribution is -2.63. The van der Waals surface area contributed by atoms with E-state index in [0.29, 0.717) is 11.3 Å². The van der Waals surface area contributed by atoms with E-state index in [9.17, 15) is 0 Å². The Labute approximate surface area is 105 Å². The Bertz CT molecular complexity index is 335. The van der Waals surface area contributed by atoms with E-state index in [0.717, 1.165) is 18.8 Å². The van der Waals surface area contributed by atoms with Crippen LogP contribution in [0.4, 0.5) is 0 Å². The predicted molar refractivity (Wildman–Crippen MR) is 68.4 cm³/mol. The molecule has 0 aromatic carbocycles. The second kappa shape index (κ2) is 3.49. The van der Waals surface area contributed by atoms with Crippen molar-refractivity contribution in [3.63, 3.8) is 0 Å². The van der Waals surface area contributed by atoms with Gasteiger partial charge < -0.3 is 15.0 Å². The summed E-state index contributed by atoms with van der Waals surface area (Å²) in [5, 5.41) is 0. The van der Waals surface area contributed by atoms with Crippen LogP contribution in [0.2, 0.25) is 0 Å². The van der Waals surface area contributed by atoms with Crippen molar-refractivity contribution in [1.29, 1.82) is 0 Å². The maximum Gasteiger partial charge on any atom is 0.475 e. The number of hydrogen-bond donors (Lipinski definition) is 1. The Morgan fingerprint density at radius 1 is 1.41 bits per heavy atom. The highest BCUT2D eigenvalue weighted by atomic mass is 16.7. The van der Waals surface area contributed by atoms with Crippen LogP contribution in [-0.2, 0) is 9.31 Å². The van der Waals surface area contributed by atoms with Gasteiger partial charge in [0.25, 0.3) is 0 Å². The summed E-state index contributed by atoms with van der Waals surface area (Å²) in [5.41, 5.74) is 6.41. The summed E-state index contributed by atoms with van der Waals surface area (Å²) in [6.07, 6.45) is 3.61. The van der Waals surface area contributed by atoms with Crippen LogP contribution in [0, 0.1) is 17.3 Å². The third-order valence-electron chi connectivity index (χ3n) is 5.65. The van der Waals surface area contributed by atoms with E-state index < -0.39 is 0 Å². The Balaban J connectivity index is 1.81. The highest BCUT2D eigenvalue weighted by Crippen LogP contribution is 2.64. The van der Waals surface area contributed by atoms with E-state index in [1.165, 1.54) is 6.42 Å². The molecular weight excluding hydrogens is 213 g/mol. The molecule has 4 fully saturated rings. The predicted octanol–water partition coefficient (Wildman–Crippen LogP) is 1.99. The average molecular weight is 237 g/mol. The molecule has 1 aliphatic heterocycles. The molecule has 5 atom stereocenters. The highest BCUT2D eigenvalue weighted by molar-refractivity contribution is 6.47. The third kappa shape index (κ3) is 1.47. The smallest absolute Gasteiger partial charge is 0.404 e. The van der Waals surface area contributed by atoms with Crippen LogP contribution in [0.5, 0.6) is 0 Å². The largest absolute Gasteiger partial charge is 0.475 e. The van der Waals surface area contributed by atoms with Gasteiger partial charge in [-0.25, -0.2) is 0 Å². The van der Waals surface area contributed by atoms with E-state index in [2.05, 4.69) is 27.7 Å². The highest BCUT2D eigenvalue weighted by Gasteiger charge is 2.67. The molecule has 0 unspecified atom stereocenters. The topological polar surface area (TPSA) is 44.5 Å². The van der Waals surface area contributed by atoms with E-state index in [1.807, 2.05) is 0 Å². The Kier molecular flexibility index (Phi) is 2.46. The Morgan fingerprint density at radius 3 is 2.71 bits per heavy atom. The van der Waals surface area contributed by atoms with Crippen molar-refractivity contribution in [1.82, 2.24) is 0 Å². The van der Waals surface area contributed by atoms with Crippen molar-refractivity contribution in [3.05, 3.63) is 0 Å². The SMILES string of the molecule is CC[C@H](N)B1O[C@H]2[C@H]3C[C@@H](C[C@@]2(C)O1)C3(C)C. The minimum Gasteiger partial charge on any atom is -0.404 e. The summed E-state index contributed by atoms with van der Waals surface area (Å²) < 4.78 is 12.3. The van der Waals surface area contributed by atoms with Crippen LogP contribution in [0.25, 0.3) is 0 Å². The standard InChI is InChI=1S/C13H24BNO2/c1-5-10(15)14-16-11-9-6-8(12(9,2)3)7-13(11,4)17-14/h8-11H,5-7,15H2,1-4H3/t8-,9+,10-,11-,13+/m0/s1. The molecule has 17 heavy (non-hydrogen) atoms. The first-order valence-corrected chi connectivity index (χ1v) is 6.97. The van der Waals surface area contributed by atoms with Crippen LogP contribution in [0.1, 0.15) is 47.0 Å². The lowest BCUT2D eigenvalue weighted by atomic mass is 9.45. The van der Waals surface area contributed by atoms with Gasteiger partial charge in [0.05, 0.1) is 11.7 Å². The second-order valence-corrected chi connectivity index (χ2v) is 6.99.